The second kappa shape index (κ2) is 7.45. The van der Waals surface area contributed by atoms with Gasteiger partial charge in [-0.15, -0.1) is 24.0 Å². The normalized spacial score (nSPS) is 16.4. The van der Waals surface area contributed by atoms with Gasteiger partial charge in [-0.05, 0) is 19.1 Å². The van der Waals surface area contributed by atoms with Crippen molar-refractivity contribution in [3.05, 3.63) is 30.3 Å². The molecule has 1 aliphatic rings. The molecule has 2 rings (SSSR count). The number of nitrogens with zero attached hydrogens (tertiary/aromatic N) is 3. The largest absolute Gasteiger partial charge is 0.370 e. The predicted octanol–water partition coefficient (Wildman–Crippen LogP) is 1.76. The number of halogens is 1. The predicted molar refractivity (Wildman–Crippen MR) is 87.8 cm³/mol. The molecule has 0 atom stereocenters. The molecule has 5 heteroatoms. The van der Waals surface area contributed by atoms with Crippen molar-refractivity contribution in [1.29, 1.82) is 0 Å². The van der Waals surface area contributed by atoms with Gasteiger partial charge in [-0.3, -0.25) is 4.99 Å². The summed E-state index contributed by atoms with van der Waals surface area (Å²) in [6.45, 7) is 6.67. The Hall–Kier alpha value is -0.980. The van der Waals surface area contributed by atoms with Gasteiger partial charge in [0.05, 0.1) is 0 Å². The van der Waals surface area contributed by atoms with E-state index in [-0.39, 0.29) is 24.0 Å². The summed E-state index contributed by atoms with van der Waals surface area (Å²) >= 11 is 0. The second-order valence-electron chi connectivity index (χ2n) is 4.14. The van der Waals surface area contributed by atoms with Crippen LogP contribution < -0.4 is 10.6 Å². The van der Waals surface area contributed by atoms with E-state index < -0.39 is 0 Å². The number of aliphatic imine (C=N–C) groups is 1. The van der Waals surface area contributed by atoms with Crippen molar-refractivity contribution in [1.82, 2.24) is 4.90 Å². The molecule has 0 spiro atoms. The maximum atomic E-state index is 5.90. The molecule has 0 radical (unpaired) electrons. The van der Waals surface area contributed by atoms with E-state index in [1.807, 2.05) is 13.0 Å². The summed E-state index contributed by atoms with van der Waals surface area (Å²) in [6, 6.07) is 10.5. The third-order valence-electron chi connectivity index (χ3n) is 3.05. The van der Waals surface area contributed by atoms with Gasteiger partial charge in [0.25, 0.3) is 0 Å². The first-order valence-electron chi connectivity index (χ1n) is 6.16. The van der Waals surface area contributed by atoms with Crippen molar-refractivity contribution < 1.29 is 0 Å². The Morgan fingerprint density at radius 2 is 1.78 bits per heavy atom. The van der Waals surface area contributed by atoms with Crippen LogP contribution in [0.3, 0.4) is 0 Å². The summed E-state index contributed by atoms with van der Waals surface area (Å²) in [5, 5.41) is 0. The van der Waals surface area contributed by atoms with Crippen LogP contribution in [0.2, 0.25) is 0 Å². The van der Waals surface area contributed by atoms with Crippen LogP contribution in [-0.2, 0) is 0 Å². The van der Waals surface area contributed by atoms with E-state index in [4.69, 9.17) is 5.73 Å². The molecule has 0 aliphatic carbocycles. The Kier molecular flexibility index (Phi) is 6.24. The summed E-state index contributed by atoms with van der Waals surface area (Å²) in [7, 11) is 0. The lowest BCUT2D eigenvalue weighted by molar-refractivity contribution is 0.381. The van der Waals surface area contributed by atoms with Gasteiger partial charge in [0.15, 0.2) is 5.96 Å². The van der Waals surface area contributed by atoms with Crippen LogP contribution in [0, 0.1) is 0 Å². The van der Waals surface area contributed by atoms with Gasteiger partial charge in [0.2, 0.25) is 0 Å². The zero-order chi connectivity index (χ0) is 12.1. The van der Waals surface area contributed by atoms with Crippen LogP contribution in [0.5, 0.6) is 0 Å². The molecule has 0 aromatic heterocycles. The van der Waals surface area contributed by atoms with E-state index in [0.29, 0.717) is 5.96 Å². The quantitative estimate of drug-likeness (QED) is 0.497. The highest BCUT2D eigenvalue weighted by molar-refractivity contribution is 14.0. The monoisotopic (exact) mass is 360 g/mol. The van der Waals surface area contributed by atoms with Crippen LogP contribution in [0.15, 0.2) is 35.3 Å². The molecule has 1 heterocycles. The molecule has 0 amide bonds. The van der Waals surface area contributed by atoms with Crippen molar-refractivity contribution in [2.75, 3.05) is 37.6 Å². The Morgan fingerprint density at radius 3 is 2.33 bits per heavy atom. The summed E-state index contributed by atoms with van der Waals surface area (Å²) in [5.41, 5.74) is 7.19. The van der Waals surface area contributed by atoms with Crippen molar-refractivity contribution >= 4 is 35.6 Å². The van der Waals surface area contributed by atoms with E-state index in [1.54, 1.807) is 0 Å². The molecule has 0 unspecified atom stereocenters. The zero-order valence-electron chi connectivity index (χ0n) is 10.7. The minimum atomic E-state index is 0. The molecule has 1 fully saturated rings. The van der Waals surface area contributed by atoms with Crippen molar-refractivity contribution in [3.8, 4) is 0 Å². The standard InChI is InChI=1S/C13H20N4.HI/c1-2-15-13(14)17-10-8-16(9-11-17)12-6-4-3-5-7-12;/h3-7H,2,8-11H2,1H3,(H2,14,15);1H. The summed E-state index contributed by atoms with van der Waals surface area (Å²) in [4.78, 5) is 8.79. The average Bonchev–Trinajstić information content (AvgIpc) is 2.40. The number of hydrogen-bond donors (Lipinski definition) is 1. The van der Waals surface area contributed by atoms with Gasteiger partial charge in [0.1, 0.15) is 0 Å². The first-order chi connectivity index (χ1) is 8.31. The van der Waals surface area contributed by atoms with Crippen LogP contribution in [0.25, 0.3) is 0 Å². The van der Waals surface area contributed by atoms with Crippen LogP contribution in [0.1, 0.15) is 6.92 Å². The molecule has 1 saturated heterocycles. The van der Waals surface area contributed by atoms with Crippen LogP contribution >= 0.6 is 24.0 Å². The number of hydrogen-bond acceptors (Lipinski definition) is 2. The lowest BCUT2D eigenvalue weighted by atomic mass is 10.2. The van der Waals surface area contributed by atoms with Crippen molar-refractivity contribution in [2.45, 2.75) is 6.92 Å². The molecular weight excluding hydrogens is 339 g/mol. The number of piperazine rings is 1. The number of rotatable bonds is 2. The van der Waals surface area contributed by atoms with E-state index >= 15 is 0 Å². The van der Waals surface area contributed by atoms with E-state index in [1.165, 1.54) is 5.69 Å². The maximum absolute atomic E-state index is 5.90. The number of para-hydroxylation sites is 1. The van der Waals surface area contributed by atoms with Crippen molar-refractivity contribution in [3.63, 3.8) is 0 Å². The van der Waals surface area contributed by atoms with E-state index in [2.05, 4.69) is 39.1 Å². The van der Waals surface area contributed by atoms with Gasteiger partial charge in [-0.25, -0.2) is 0 Å². The minimum absolute atomic E-state index is 0. The Balaban J connectivity index is 0.00000162. The number of anilines is 1. The zero-order valence-corrected chi connectivity index (χ0v) is 13.1. The maximum Gasteiger partial charge on any atom is 0.191 e. The molecule has 4 nitrogen and oxygen atoms in total. The summed E-state index contributed by atoms with van der Waals surface area (Å²) in [5.74, 6) is 0.681. The molecule has 2 N–H and O–H groups in total. The molecule has 1 aliphatic heterocycles. The van der Waals surface area contributed by atoms with Gasteiger partial charge in [0, 0.05) is 38.4 Å². The summed E-state index contributed by atoms with van der Waals surface area (Å²) < 4.78 is 0. The fraction of sp³-hybridized carbons (Fsp3) is 0.462. The SMILES string of the molecule is CCN=C(N)N1CCN(c2ccccc2)CC1.I. The molecule has 0 saturated carbocycles. The molecule has 100 valence electrons. The molecule has 1 aromatic carbocycles. The Morgan fingerprint density at radius 1 is 1.17 bits per heavy atom. The third kappa shape index (κ3) is 3.76. The summed E-state index contributed by atoms with van der Waals surface area (Å²) in [6.07, 6.45) is 0. The Labute approximate surface area is 126 Å². The topological polar surface area (TPSA) is 44.9 Å². The average molecular weight is 360 g/mol. The number of guanidine groups is 1. The first-order valence-corrected chi connectivity index (χ1v) is 6.16. The van der Waals surface area contributed by atoms with Crippen molar-refractivity contribution in [2.24, 2.45) is 10.7 Å². The number of nitrogens with two attached hydrogens (primary N) is 1. The molecule has 1 aromatic rings. The van der Waals surface area contributed by atoms with E-state index in [9.17, 15) is 0 Å². The van der Waals surface area contributed by atoms with Crippen LogP contribution in [0.4, 0.5) is 5.69 Å². The minimum Gasteiger partial charge on any atom is -0.370 e. The molecule has 0 bridgehead atoms. The third-order valence-corrected chi connectivity index (χ3v) is 3.05. The van der Waals surface area contributed by atoms with Gasteiger partial charge >= 0.3 is 0 Å². The second-order valence-corrected chi connectivity index (χ2v) is 4.14. The van der Waals surface area contributed by atoms with E-state index in [0.717, 1.165) is 32.7 Å². The highest BCUT2D eigenvalue weighted by Gasteiger charge is 2.17. The lowest BCUT2D eigenvalue weighted by Gasteiger charge is -2.36. The number of benzene rings is 1. The highest BCUT2D eigenvalue weighted by atomic mass is 127. The highest BCUT2D eigenvalue weighted by Crippen LogP contribution is 2.15. The Bertz CT molecular complexity index is 372. The van der Waals surface area contributed by atoms with Crippen LogP contribution in [-0.4, -0.2) is 43.6 Å². The fourth-order valence-corrected chi connectivity index (χ4v) is 2.09. The molecular formula is C13H21IN4. The smallest absolute Gasteiger partial charge is 0.191 e. The van der Waals surface area contributed by atoms with Gasteiger partial charge in [-0.2, -0.15) is 0 Å². The fourth-order valence-electron chi connectivity index (χ4n) is 2.09. The first kappa shape index (κ1) is 15.1. The molecule has 18 heavy (non-hydrogen) atoms. The van der Waals surface area contributed by atoms with Gasteiger partial charge in [-0.1, -0.05) is 18.2 Å². The van der Waals surface area contributed by atoms with Gasteiger partial charge < -0.3 is 15.5 Å². The lowest BCUT2D eigenvalue weighted by Crippen LogP contribution is -2.51.